The lowest BCUT2D eigenvalue weighted by Crippen LogP contribution is -1.95. The van der Waals surface area contributed by atoms with E-state index in [4.69, 9.17) is 27.9 Å². The van der Waals surface area contributed by atoms with Crippen LogP contribution in [0.1, 0.15) is 12.0 Å². The van der Waals surface area contributed by atoms with Crippen molar-refractivity contribution in [1.29, 1.82) is 0 Å². The molecule has 94 valence electrons. The Balaban J connectivity index is 2.41. The number of aromatic nitrogens is 1. The molecular formula is C13H11Cl2NO2. The number of fused-ring (bicyclic) bond motifs is 1. The maximum atomic E-state index is 10.8. The van der Waals surface area contributed by atoms with Gasteiger partial charge in [0.05, 0.1) is 12.6 Å². The Morgan fingerprint density at radius 2 is 2.17 bits per heavy atom. The topological polar surface area (TPSA) is 39.2 Å². The molecule has 2 rings (SSSR count). The predicted molar refractivity (Wildman–Crippen MR) is 72.5 cm³/mol. The first-order chi connectivity index (χ1) is 8.60. The van der Waals surface area contributed by atoms with Gasteiger partial charge in [-0.3, -0.25) is 4.79 Å². The molecule has 5 heteroatoms. The van der Waals surface area contributed by atoms with Crippen molar-refractivity contribution in [3.05, 3.63) is 35.0 Å². The van der Waals surface area contributed by atoms with Crippen LogP contribution in [0.4, 0.5) is 0 Å². The molecule has 1 aromatic carbocycles. The molecule has 0 saturated carbocycles. The number of rotatable bonds is 4. The molecule has 18 heavy (non-hydrogen) atoms. The molecule has 0 aliphatic heterocycles. The number of methoxy groups -OCH3 is 1. The zero-order chi connectivity index (χ0) is 13.1. The molecule has 0 N–H and O–H groups in total. The molecule has 0 bridgehead atoms. The van der Waals surface area contributed by atoms with E-state index in [-0.39, 0.29) is 11.7 Å². The lowest BCUT2D eigenvalue weighted by molar-refractivity contribution is -0.111. The van der Waals surface area contributed by atoms with E-state index in [0.29, 0.717) is 11.6 Å². The van der Waals surface area contributed by atoms with Crippen molar-refractivity contribution >= 4 is 39.3 Å². The van der Waals surface area contributed by atoms with Crippen LogP contribution in [0.25, 0.3) is 10.9 Å². The molecular weight excluding hydrogens is 273 g/mol. The quantitative estimate of drug-likeness (QED) is 0.636. The minimum Gasteiger partial charge on any atom is -0.497 e. The molecule has 2 aromatic rings. The standard InChI is InChI=1S/C13H11Cl2NO2/c1-18-10-3-4-11-9(7-10)6-8(13(15)16-11)2-5-12(14)17/h3-4,6-7H,2,5H2,1H3. The van der Waals surface area contributed by atoms with E-state index in [9.17, 15) is 4.79 Å². The summed E-state index contributed by atoms with van der Waals surface area (Å²) in [5.74, 6) is 0.756. The first-order valence-corrected chi connectivity index (χ1v) is 6.17. The largest absolute Gasteiger partial charge is 0.497 e. The summed E-state index contributed by atoms with van der Waals surface area (Å²) in [6.07, 6.45) is 0.736. The predicted octanol–water partition coefficient (Wildman–Crippen LogP) is 3.59. The first-order valence-electron chi connectivity index (χ1n) is 5.41. The fraction of sp³-hybridized carbons (Fsp3) is 0.231. The summed E-state index contributed by atoms with van der Waals surface area (Å²) in [6.45, 7) is 0. The molecule has 0 radical (unpaired) electrons. The summed E-state index contributed by atoms with van der Waals surface area (Å²) in [5.41, 5.74) is 1.60. The van der Waals surface area contributed by atoms with Crippen LogP contribution >= 0.6 is 23.2 Å². The summed E-state index contributed by atoms with van der Waals surface area (Å²) in [6, 6.07) is 7.46. The summed E-state index contributed by atoms with van der Waals surface area (Å²) in [4.78, 5) is 15.1. The van der Waals surface area contributed by atoms with E-state index < -0.39 is 0 Å². The van der Waals surface area contributed by atoms with Crippen molar-refractivity contribution in [2.75, 3.05) is 7.11 Å². The lowest BCUT2D eigenvalue weighted by Gasteiger charge is -2.06. The number of aryl methyl sites for hydroxylation is 1. The lowest BCUT2D eigenvalue weighted by atomic mass is 10.1. The highest BCUT2D eigenvalue weighted by atomic mass is 35.5. The van der Waals surface area contributed by atoms with Gasteiger partial charge < -0.3 is 4.74 Å². The van der Waals surface area contributed by atoms with Gasteiger partial charge in [0.15, 0.2) is 0 Å². The molecule has 0 aliphatic rings. The van der Waals surface area contributed by atoms with E-state index in [1.54, 1.807) is 7.11 Å². The molecule has 0 fully saturated rings. The average Bonchev–Trinajstić information content (AvgIpc) is 2.35. The second kappa shape index (κ2) is 5.55. The number of ether oxygens (including phenoxy) is 1. The fourth-order valence-electron chi connectivity index (χ4n) is 1.71. The summed E-state index contributed by atoms with van der Waals surface area (Å²) >= 11 is 11.4. The number of halogens is 2. The van der Waals surface area contributed by atoms with Gasteiger partial charge in [-0.15, -0.1) is 0 Å². The molecule has 0 saturated heterocycles. The number of carbonyl (C=O) groups is 1. The third-order valence-corrected chi connectivity index (χ3v) is 3.16. The Morgan fingerprint density at radius 1 is 1.39 bits per heavy atom. The number of hydrogen-bond acceptors (Lipinski definition) is 3. The molecule has 0 amide bonds. The minimum atomic E-state index is -0.378. The van der Waals surface area contributed by atoms with Gasteiger partial charge in [0.1, 0.15) is 10.9 Å². The number of hydrogen-bond donors (Lipinski definition) is 0. The molecule has 3 nitrogen and oxygen atoms in total. The van der Waals surface area contributed by atoms with Gasteiger partial charge in [-0.25, -0.2) is 4.98 Å². The molecule has 1 aromatic heterocycles. The highest BCUT2D eigenvalue weighted by molar-refractivity contribution is 6.63. The summed E-state index contributed by atoms with van der Waals surface area (Å²) in [5, 5.41) is 0.957. The monoisotopic (exact) mass is 283 g/mol. The highest BCUT2D eigenvalue weighted by Gasteiger charge is 2.07. The van der Waals surface area contributed by atoms with Crippen molar-refractivity contribution in [3.8, 4) is 5.75 Å². The van der Waals surface area contributed by atoms with E-state index in [0.717, 1.165) is 22.2 Å². The minimum absolute atomic E-state index is 0.248. The van der Waals surface area contributed by atoms with Crippen molar-refractivity contribution in [2.24, 2.45) is 0 Å². The first kappa shape index (κ1) is 13.1. The van der Waals surface area contributed by atoms with E-state index in [2.05, 4.69) is 4.98 Å². The Labute approximate surface area is 115 Å². The van der Waals surface area contributed by atoms with Gasteiger partial charge in [-0.05, 0) is 47.9 Å². The maximum absolute atomic E-state index is 10.8. The summed E-state index contributed by atoms with van der Waals surface area (Å²) < 4.78 is 5.15. The van der Waals surface area contributed by atoms with Crippen LogP contribution in [0.5, 0.6) is 5.75 Å². The van der Waals surface area contributed by atoms with E-state index in [1.807, 2.05) is 24.3 Å². The SMILES string of the molecule is COc1ccc2nc(Cl)c(CCC(=O)Cl)cc2c1. The van der Waals surface area contributed by atoms with Crippen molar-refractivity contribution in [2.45, 2.75) is 12.8 Å². The van der Waals surface area contributed by atoms with Crippen LogP contribution in [-0.2, 0) is 11.2 Å². The van der Waals surface area contributed by atoms with Gasteiger partial charge in [-0.2, -0.15) is 0 Å². The summed E-state index contributed by atoms with van der Waals surface area (Å²) in [7, 11) is 1.61. The van der Waals surface area contributed by atoms with Crippen molar-refractivity contribution < 1.29 is 9.53 Å². The molecule has 0 aliphatic carbocycles. The second-order valence-electron chi connectivity index (χ2n) is 3.85. The Bertz CT molecular complexity index is 599. The van der Waals surface area contributed by atoms with Crippen LogP contribution in [-0.4, -0.2) is 17.3 Å². The van der Waals surface area contributed by atoms with Gasteiger partial charge in [0.25, 0.3) is 0 Å². The maximum Gasteiger partial charge on any atom is 0.221 e. The number of carbonyl (C=O) groups excluding carboxylic acids is 1. The zero-order valence-electron chi connectivity index (χ0n) is 9.74. The average molecular weight is 284 g/mol. The van der Waals surface area contributed by atoms with Gasteiger partial charge in [0.2, 0.25) is 5.24 Å². The molecule has 0 spiro atoms. The van der Waals surface area contributed by atoms with E-state index >= 15 is 0 Å². The zero-order valence-corrected chi connectivity index (χ0v) is 11.3. The number of benzene rings is 1. The number of pyridine rings is 1. The van der Waals surface area contributed by atoms with Gasteiger partial charge >= 0.3 is 0 Å². The second-order valence-corrected chi connectivity index (χ2v) is 4.63. The Hall–Kier alpha value is -1.32. The van der Waals surface area contributed by atoms with Crippen LogP contribution < -0.4 is 4.74 Å². The normalized spacial score (nSPS) is 10.6. The number of nitrogens with zero attached hydrogens (tertiary/aromatic N) is 1. The van der Waals surface area contributed by atoms with Crippen molar-refractivity contribution in [1.82, 2.24) is 4.98 Å². The third kappa shape index (κ3) is 2.92. The van der Waals surface area contributed by atoms with Crippen molar-refractivity contribution in [3.63, 3.8) is 0 Å². The van der Waals surface area contributed by atoms with Crippen LogP contribution in [0.2, 0.25) is 5.15 Å². The van der Waals surface area contributed by atoms with Crippen LogP contribution in [0.15, 0.2) is 24.3 Å². The van der Waals surface area contributed by atoms with Gasteiger partial charge in [-0.1, -0.05) is 11.6 Å². The third-order valence-electron chi connectivity index (χ3n) is 2.64. The fourth-order valence-corrected chi connectivity index (χ4v) is 2.04. The van der Waals surface area contributed by atoms with Crippen LogP contribution in [0, 0.1) is 0 Å². The van der Waals surface area contributed by atoms with E-state index in [1.165, 1.54) is 0 Å². The molecule has 0 unspecified atom stereocenters. The molecule has 0 atom stereocenters. The van der Waals surface area contributed by atoms with Crippen LogP contribution in [0.3, 0.4) is 0 Å². The smallest absolute Gasteiger partial charge is 0.221 e. The highest BCUT2D eigenvalue weighted by Crippen LogP contribution is 2.25. The Kier molecular flexibility index (Phi) is 4.04. The Morgan fingerprint density at radius 3 is 2.83 bits per heavy atom. The van der Waals surface area contributed by atoms with Gasteiger partial charge in [0, 0.05) is 11.8 Å². The molecule has 1 heterocycles.